The molecule has 3 rings (SSSR count). The minimum Gasteiger partial charge on any atom is -0.481 e. The first-order valence-electron chi connectivity index (χ1n) is 8.32. The standard InChI is InChI=1S/C19H22N2O3/c1-19(2,18(23)24)10-11-20-17(22)16-12-6-3-4-8-14(12)21-15-9-5-7-13(15)16/h3-4,6,8H,5,7,9-11H2,1-2H3,(H,20,22)(H,23,24). The van der Waals surface area contributed by atoms with Crippen molar-refractivity contribution in [2.75, 3.05) is 6.54 Å². The second kappa shape index (κ2) is 6.23. The summed E-state index contributed by atoms with van der Waals surface area (Å²) in [6.45, 7) is 3.67. The largest absolute Gasteiger partial charge is 0.481 e. The van der Waals surface area contributed by atoms with Crippen LogP contribution in [0.15, 0.2) is 24.3 Å². The number of aryl methyl sites for hydroxylation is 1. The molecule has 1 aliphatic rings. The summed E-state index contributed by atoms with van der Waals surface area (Å²) in [4.78, 5) is 28.6. The Balaban J connectivity index is 1.86. The van der Waals surface area contributed by atoms with Crippen LogP contribution in [0.3, 0.4) is 0 Å². The van der Waals surface area contributed by atoms with Gasteiger partial charge in [-0.3, -0.25) is 14.6 Å². The third kappa shape index (κ3) is 2.98. The summed E-state index contributed by atoms with van der Waals surface area (Å²) >= 11 is 0. The van der Waals surface area contributed by atoms with Crippen molar-refractivity contribution in [3.63, 3.8) is 0 Å². The molecule has 1 aromatic carbocycles. The Kier molecular flexibility index (Phi) is 4.26. The molecule has 5 heteroatoms. The minimum atomic E-state index is -0.855. The van der Waals surface area contributed by atoms with E-state index in [-0.39, 0.29) is 5.91 Å². The molecule has 0 saturated heterocycles. The lowest BCUT2D eigenvalue weighted by molar-refractivity contribution is -0.147. The molecule has 0 atom stereocenters. The molecule has 1 heterocycles. The van der Waals surface area contributed by atoms with Gasteiger partial charge in [-0.1, -0.05) is 18.2 Å². The number of carbonyl (C=O) groups is 2. The van der Waals surface area contributed by atoms with Gasteiger partial charge in [0.15, 0.2) is 0 Å². The first kappa shape index (κ1) is 16.4. The quantitative estimate of drug-likeness (QED) is 0.885. The highest BCUT2D eigenvalue weighted by molar-refractivity contribution is 6.07. The van der Waals surface area contributed by atoms with Crippen molar-refractivity contribution >= 4 is 22.8 Å². The maximum absolute atomic E-state index is 12.8. The van der Waals surface area contributed by atoms with E-state index < -0.39 is 11.4 Å². The number of nitrogens with zero attached hydrogens (tertiary/aromatic N) is 1. The first-order valence-corrected chi connectivity index (χ1v) is 8.32. The zero-order valence-electron chi connectivity index (χ0n) is 14.1. The number of pyridine rings is 1. The van der Waals surface area contributed by atoms with Gasteiger partial charge in [0.05, 0.1) is 16.5 Å². The normalized spacial score (nSPS) is 13.8. The molecule has 1 aromatic heterocycles. The van der Waals surface area contributed by atoms with Crippen molar-refractivity contribution in [1.29, 1.82) is 0 Å². The summed E-state index contributed by atoms with van der Waals surface area (Å²) in [6.07, 6.45) is 3.19. The fraction of sp³-hybridized carbons (Fsp3) is 0.421. The molecule has 126 valence electrons. The SMILES string of the molecule is CC(C)(CCNC(=O)c1c2c(nc3ccccc13)CCC2)C(=O)O. The number of aliphatic carboxylic acids is 1. The predicted molar refractivity (Wildman–Crippen MR) is 92.1 cm³/mol. The van der Waals surface area contributed by atoms with E-state index in [1.54, 1.807) is 13.8 Å². The number of para-hydroxylation sites is 1. The highest BCUT2D eigenvalue weighted by Crippen LogP contribution is 2.30. The number of benzene rings is 1. The van der Waals surface area contributed by atoms with Gasteiger partial charge in [-0.15, -0.1) is 0 Å². The number of rotatable bonds is 5. The molecule has 0 radical (unpaired) electrons. The fourth-order valence-electron chi connectivity index (χ4n) is 3.15. The Labute approximate surface area is 141 Å². The van der Waals surface area contributed by atoms with E-state index in [0.717, 1.165) is 41.4 Å². The lowest BCUT2D eigenvalue weighted by Gasteiger charge is -2.19. The average molecular weight is 326 g/mol. The topological polar surface area (TPSA) is 79.3 Å². The van der Waals surface area contributed by atoms with E-state index in [1.807, 2.05) is 24.3 Å². The van der Waals surface area contributed by atoms with Crippen LogP contribution in [0, 0.1) is 5.41 Å². The Hall–Kier alpha value is -2.43. The molecule has 0 bridgehead atoms. The van der Waals surface area contributed by atoms with Crippen molar-refractivity contribution in [3.8, 4) is 0 Å². The van der Waals surface area contributed by atoms with E-state index in [4.69, 9.17) is 0 Å². The van der Waals surface area contributed by atoms with Crippen LogP contribution in [-0.4, -0.2) is 28.5 Å². The maximum Gasteiger partial charge on any atom is 0.309 e. The number of fused-ring (bicyclic) bond motifs is 2. The third-order valence-corrected chi connectivity index (χ3v) is 4.76. The summed E-state index contributed by atoms with van der Waals surface area (Å²) in [7, 11) is 0. The van der Waals surface area contributed by atoms with E-state index in [9.17, 15) is 14.7 Å². The van der Waals surface area contributed by atoms with Crippen LogP contribution in [0.25, 0.3) is 10.9 Å². The van der Waals surface area contributed by atoms with Crippen molar-refractivity contribution in [1.82, 2.24) is 10.3 Å². The number of carbonyl (C=O) groups excluding carboxylic acids is 1. The molecule has 0 saturated carbocycles. The average Bonchev–Trinajstić information content (AvgIpc) is 2.99. The zero-order chi connectivity index (χ0) is 17.3. The third-order valence-electron chi connectivity index (χ3n) is 4.76. The second-order valence-electron chi connectivity index (χ2n) is 6.98. The number of carboxylic acid groups (broad SMARTS) is 1. The van der Waals surface area contributed by atoms with E-state index in [1.165, 1.54) is 0 Å². The summed E-state index contributed by atoms with van der Waals surface area (Å²) in [6, 6.07) is 7.69. The molecule has 0 aliphatic heterocycles. The Morgan fingerprint density at radius 1 is 1.25 bits per heavy atom. The maximum atomic E-state index is 12.8. The molecule has 1 aliphatic carbocycles. The van der Waals surface area contributed by atoms with Gasteiger partial charge in [0.25, 0.3) is 5.91 Å². The summed E-state index contributed by atoms with van der Waals surface area (Å²) in [5.74, 6) is -0.986. The smallest absolute Gasteiger partial charge is 0.309 e. The number of aromatic nitrogens is 1. The summed E-state index contributed by atoms with van der Waals surface area (Å²) in [5, 5.41) is 12.9. The number of hydrogen-bond acceptors (Lipinski definition) is 3. The van der Waals surface area contributed by atoms with Crippen molar-refractivity contribution in [3.05, 3.63) is 41.1 Å². The lowest BCUT2D eigenvalue weighted by Crippen LogP contribution is -2.32. The van der Waals surface area contributed by atoms with Gasteiger partial charge in [0.2, 0.25) is 0 Å². The molecule has 0 fully saturated rings. The molecule has 5 nitrogen and oxygen atoms in total. The van der Waals surface area contributed by atoms with Crippen LogP contribution in [0.5, 0.6) is 0 Å². The van der Waals surface area contributed by atoms with Crippen LogP contribution in [0.2, 0.25) is 0 Å². The van der Waals surface area contributed by atoms with Crippen LogP contribution < -0.4 is 5.32 Å². The number of carboxylic acids is 1. The van der Waals surface area contributed by atoms with Crippen molar-refractivity contribution in [2.24, 2.45) is 5.41 Å². The Bertz CT molecular complexity index is 812. The molecule has 0 unspecified atom stereocenters. The highest BCUT2D eigenvalue weighted by atomic mass is 16.4. The highest BCUT2D eigenvalue weighted by Gasteiger charge is 2.28. The molecular weight excluding hydrogens is 304 g/mol. The minimum absolute atomic E-state index is 0.132. The predicted octanol–water partition coefficient (Wildman–Crippen LogP) is 2.95. The second-order valence-corrected chi connectivity index (χ2v) is 6.98. The zero-order valence-corrected chi connectivity index (χ0v) is 14.1. The van der Waals surface area contributed by atoms with Crippen LogP contribution in [0.4, 0.5) is 0 Å². The van der Waals surface area contributed by atoms with Gasteiger partial charge < -0.3 is 10.4 Å². The molecule has 1 amide bonds. The summed E-state index contributed by atoms with van der Waals surface area (Å²) < 4.78 is 0. The first-order chi connectivity index (χ1) is 11.4. The van der Waals surface area contributed by atoms with Crippen molar-refractivity contribution in [2.45, 2.75) is 39.5 Å². The Morgan fingerprint density at radius 3 is 2.75 bits per heavy atom. The molecule has 24 heavy (non-hydrogen) atoms. The van der Waals surface area contributed by atoms with Crippen molar-refractivity contribution < 1.29 is 14.7 Å². The number of nitrogens with one attached hydrogen (secondary N) is 1. The number of hydrogen-bond donors (Lipinski definition) is 2. The van der Waals surface area contributed by atoms with E-state index >= 15 is 0 Å². The molecular formula is C19H22N2O3. The Morgan fingerprint density at radius 2 is 2.00 bits per heavy atom. The van der Waals surface area contributed by atoms with Gasteiger partial charge in [-0.05, 0) is 51.2 Å². The van der Waals surface area contributed by atoms with Gasteiger partial charge in [0, 0.05) is 17.6 Å². The van der Waals surface area contributed by atoms with Crippen LogP contribution in [0.1, 0.15) is 48.3 Å². The van der Waals surface area contributed by atoms with E-state index in [0.29, 0.717) is 18.5 Å². The monoisotopic (exact) mass is 326 g/mol. The summed E-state index contributed by atoms with van der Waals surface area (Å²) in [5.41, 5.74) is 2.76. The van der Waals surface area contributed by atoms with Gasteiger partial charge >= 0.3 is 5.97 Å². The van der Waals surface area contributed by atoms with E-state index in [2.05, 4.69) is 10.3 Å². The molecule has 0 spiro atoms. The molecule has 2 aromatic rings. The fourth-order valence-corrected chi connectivity index (χ4v) is 3.15. The number of amides is 1. The molecule has 2 N–H and O–H groups in total. The van der Waals surface area contributed by atoms with Gasteiger partial charge in [0.1, 0.15) is 0 Å². The van der Waals surface area contributed by atoms with Crippen LogP contribution >= 0.6 is 0 Å². The van der Waals surface area contributed by atoms with Gasteiger partial charge in [-0.25, -0.2) is 0 Å². The van der Waals surface area contributed by atoms with Gasteiger partial charge in [-0.2, -0.15) is 0 Å². The van der Waals surface area contributed by atoms with Crippen LogP contribution in [-0.2, 0) is 17.6 Å². The lowest BCUT2D eigenvalue weighted by atomic mass is 9.89.